The zero-order chi connectivity index (χ0) is 29.7. The molecule has 0 aliphatic carbocycles. The highest BCUT2D eigenvalue weighted by Crippen LogP contribution is 2.56. The first-order valence-electron chi connectivity index (χ1n) is 13.6. The van der Waals surface area contributed by atoms with E-state index in [1.54, 1.807) is 12.1 Å². The maximum Gasteiger partial charge on any atom is 0.368 e. The minimum atomic E-state index is -3.47. The molecule has 0 aromatic heterocycles. The molecule has 3 N–H and O–H groups in total. The van der Waals surface area contributed by atoms with Gasteiger partial charge in [-0.3, -0.25) is 9.09 Å². The third kappa shape index (κ3) is 7.98. The lowest BCUT2D eigenvalue weighted by molar-refractivity contribution is -0.136. The zero-order valence-electron chi connectivity index (χ0n) is 23.8. The molecule has 1 saturated heterocycles. The summed E-state index contributed by atoms with van der Waals surface area (Å²) in [5.74, 6) is 0.457. The van der Waals surface area contributed by atoms with Gasteiger partial charge in [0.15, 0.2) is 6.35 Å². The molecule has 4 rings (SSSR count). The maximum absolute atomic E-state index is 13.3. The number of carbonyl (C=O) groups is 1. The molecular formula is C31H37ClNO7P. The normalized spacial score (nSPS) is 19.7. The van der Waals surface area contributed by atoms with Crippen LogP contribution < -0.4 is 15.2 Å². The number of aryl methyl sites for hydroxylation is 2. The number of halogens is 1. The molecule has 1 fully saturated rings. The first-order valence-corrected chi connectivity index (χ1v) is 15.7. The van der Waals surface area contributed by atoms with Crippen molar-refractivity contribution in [1.29, 1.82) is 0 Å². The Morgan fingerprint density at radius 3 is 2.54 bits per heavy atom. The highest BCUT2D eigenvalue weighted by molar-refractivity contribution is 7.53. The monoisotopic (exact) mass is 601 g/mol. The Bertz CT molecular complexity index is 1420. The molecule has 3 aromatic carbocycles. The Balaban J connectivity index is 1.45. The smallest absolute Gasteiger partial charge is 0.368 e. The first-order chi connectivity index (χ1) is 19.5. The number of esters is 1. The zero-order valence-corrected chi connectivity index (χ0v) is 25.4. The summed E-state index contributed by atoms with van der Waals surface area (Å²) in [6, 6.07) is 15.8. The van der Waals surface area contributed by atoms with E-state index in [4.69, 9.17) is 41.0 Å². The van der Waals surface area contributed by atoms with Crippen molar-refractivity contribution in [2.75, 3.05) is 19.6 Å². The van der Waals surface area contributed by atoms with E-state index in [1.807, 2.05) is 70.2 Å². The maximum atomic E-state index is 13.3. The van der Waals surface area contributed by atoms with E-state index < -0.39 is 26.2 Å². The van der Waals surface area contributed by atoms with Gasteiger partial charge in [-0.05, 0) is 89.9 Å². The summed E-state index contributed by atoms with van der Waals surface area (Å²) in [5.41, 5.74) is 11.6. The third-order valence-corrected chi connectivity index (χ3v) is 8.85. The molecule has 3 atom stereocenters. The van der Waals surface area contributed by atoms with Gasteiger partial charge in [-0.15, -0.1) is 0 Å². The van der Waals surface area contributed by atoms with E-state index in [9.17, 15) is 9.36 Å². The number of aliphatic hydroxyl groups excluding tert-OH is 1. The lowest BCUT2D eigenvalue weighted by Crippen LogP contribution is -2.37. The number of carbonyl (C=O) groups excluding carboxylic acids is 1. The van der Waals surface area contributed by atoms with Gasteiger partial charge < -0.3 is 24.8 Å². The van der Waals surface area contributed by atoms with Crippen LogP contribution in [0.2, 0.25) is 5.02 Å². The van der Waals surface area contributed by atoms with Gasteiger partial charge in [-0.1, -0.05) is 49.7 Å². The molecule has 1 unspecified atom stereocenters. The van der Waals surface area contributed by atoms with E-state index in [1.165, 1.54) is 0 Å². The highest BCUT2D eigenvalue weighted by atomic mass is 35.5. The molecule has 41 heavy (non-hydrogen) atoms. The minimum absolute atomic E-state index is 0.103. The topological polar surface area (TPSA) is 117 Å². The van der Waals surface area contributed by atoms with Gasteiger partial charge in [0.05, 0.1) is 19.3 Å². The van der Waals surface area contributed by atoms with Gasteiger partial charge in [0.2, 0.25) is 0 Å². The van der Waals surface area contributed by atoms with Gasteiger partial charge in [0.25, 0.3) is 0 Å². The Hall–Kier alpha value is -2.71. The van der Waals surface area contributed by atoms with Gasteiger partial charge in [-0.2, -0.15) is 0 Å². The Morgan fingerprint density at radius 1 is 1.15 bits per heavy atom. The van der Waals surface area contributed by atoms with Crippen molar-refractivity contribution >= 4 is 25.2 Å². The molecule has 0 bridgehead atoms. The van der Waals surface area contributed by atoms with Gasteiger partial charge in [-0.25, -0.2) is 4.79 Å². The van der Waals surface area contributed by atoms with Crippen molar-refractivity contribution in [2.24, 2.45) is 5.73 Å². The van der Waals surface area contributed by atoms with Crippen LogP contribution in [0.3, 0.4) is 0 Å². The Kier molecular flexibility index (Phi) is 10.3. The molecular weight excluding hydrogens is 565 g/mol. The summed E-state index contributed by atoms with van der Waals surface area (Å²) >= 11 is 6.12. The fraction of sp³-hybridized carbons (Fsp3) is 0.387. The quantitative estimate of drug-likeness (QED) is 0.152. The van der Waals surface area contributed by atoms with Crippen molar-refractivity contribution in [3.8, 4) is 11.5 Å². The lowest BCUT2D eigenvalue weighted by atomic mass is 9.93. The fourth-order valence-electron chi connectivity index (χ4n) is 4.76. The molecule has 1 aliphatic rings. The predicted octanol–water partition coefficient (Wildman–Crippen LogP) is 6.60. The van der Waals surface area contributed by atoms with Crippen LogP contribution in [0, 0.1) is 13.8 Å². The first kappa shape index (κ1) is 31.2. The summed E-state index contributed by atoms with van der Waals surface area (Å²) in [6.07, 6.45) is 0.670. The third-order valence-electron chi connectivity index (χ3n) is 7.02. The SMILES string of the molecule is Cc1cc(OCP2(=O)OCC[C@@H](c3cccc(Cl)c3)O2)cc(C)c1Cc1ccc(OC(=O)[C@@H](N)CO)c(C(C)C)c1. The van der Waals surface area contributed by atoms with Crippen LogP contribution in [0.25, 0.3) is 0 Å². The largest absolute Gasteiger partial charge is 0.481 e. The Labute approximate surface area is 246 Å². The van der Waals surface area contributed by atoms with Crippen LogP contribution in [-0.2, 0) is 24.8 Å². The van der Waals surface area contributed by atoms with Crippen molar-refractivity contribution in [3.05, 3.63) is 93.0 Å². The number of rotatable bonds is 10. The number of nitrogens with two attached hydrogens (primary N) is 1. The molecule has 0 saturated carbocycles. The van der Waals surface area contributed by atoms with Gasteiger partial charge in [0, 0.05) is 11.4 Å². The minimum Gasteiger partial charge on any atom is -0.481 e. The second kappa shape index (κ2) is 13.5. The average Bonchev–Trinajstić information content (AvgIpc) is 2.94. The van der Waals surface area contributed by atoms with Crippen LogP contribution in [0.5, 0.6) is 11.5 Å². The summed E-state index contributed by atoms with van der Waals surface area (Å²) in [6.45, 7) is 7.89. The summed E-state index contributed by atoms with van der Waals surface area (Å²) in [4.78, 5) is 12.1. The number of ether oxygens (including phenoxy) is 2. The summed E-state index contributed by atoms with van der Waals surface area (Å²) in [7, 11) is -3.47. The van der Waals surface area contributed by atoms with Crippen molar-refractivity contribution < 1.29 is 33.0 Å². The molecule has 0 radical (unpaired) electrons. The Morgan fingerprint density at radius 2 is 1.88 bits per heavy atom. The number of hydrogen-bond acceptors (Lipinski definition) is 8. The van der Waals surface area contributed by atoms with E-state index in [-0.39, 0.29) is 18.4 Å². The van der Waals surface area contributed by atoms with Crippen LogP contribution in [-0.4, -0.2) is 36.7 Å². The molecule has 3 aromatic rings. The van der Waals surface area contributed by atoms with Crippen LogP contribution in [0.15, 0.2) is 54.6 Å². The van der Waals surface area contributed by atoms with E-state index in [0.717, 1.165) is 33.4 Å². The second-order valence-corrected chi connectivity index (χ2v) is 13.0. The van der Waals surface area contributed by atoms with E-state index in [2.05, 4.69) is 0 Å². The number of aliphatic hydroxyl groups is 1. The van der Waals surface area contributed by atoms with E-state index >= 15 is 0 Å². The summed E-state index contributed by atoms with van der Waals surface area (Å²) < 4.78 is 36.2. The lowest BCUT2D eigenvalue weighted by Gasteiger charge is -2.30. The predicted molar refractivity (Wildman–Crippen MR) is 159 cm³/mol. The van der Waals surface area contributed by atoms with Crippen LogP contribution in [0.4, 0.5) is 0 Å². The van der Waals surface area contributed by atoms with Crippen molar-refractivity contribution in [2.45, 2.75) is 58.6 Å². The van der Waals surface area contributed by atoms with Crippen molar-refractivity contribution in [3.63, 3.8) is 0 Å². The molecule has 220 valence electrons. The molecule has 1 heterocycles. The van der Waals surface area contributed by atoms with E-state index in [0.29, 0.717) is 36.0 Å². The second-order valence-electron chi connectivity index (χ2n) is 10.6. The summed E-state index contributed by atoms with van der Waals surface area (Å²) in [5, 5.41) is 9.75. The van der Waals surface area contributed by atoms with Crippen LogP contribution >= 0.6 is 19.2 Å². The number of benzene rings is 3. The van der Waals surface area contributed by atoms with Crippen molar-refractivity contribution in [1.82, 2.24) is 0 Å². The van der Waals surface area contributed by atoms with Gasteiger partial charge >= 0.3 is 13.6 Å². The molecule has 8 nitrogen and oxygen atoms in total. The molecule has 1 aliphatic heterocycles. The highest BCUT2D eigenvalue weighted by Gasteiger charge is 2.35. The fourth-order valence-corrected chi connectivity index (χ4v) is 6.46. The average molecular weight is 602 g/mol. The van der Waals surface area contributed by atoms with Crippen LogP contribution in [0.1, 0.15) is 65.7 Å². The van der Waals surface area contributed by atoms with Gasteiger partial charge in [0.1, 0.15) is 17.5 Å². The molecule has 10 heteroatoms. The standard InChI is InChI=1S/C31H37ClNO7P/c1-19(2)26-14-22(8-9-30(26)39-31(35)28(33)17-34)15-27-20(3)12-25(13-21(27)4)37-18-41(36)38-11-10-29(40-41)23-6-5-7-24(32)16-23/h5-9,12-14,16,19,28-29,34H,10-11,15,17-18,33H2,1-4H3/t28-,29-,41?/m0/s1. The molecule has 0 amide bonds. The number of hydrogen-bond donors (Lipinski definition) is 2. The molecule has 0 spiro atoms.